The highest BCUT2D eigenvalue weighted by molar-refractivity contribution is 7.88. The van der Waals surface area contributed by atoms with Crippen LogP contribution in [0.5, 0.6) is 0 Å². The van der Waals surface area contributed by atoms with Crippen molar-refractivity contribution in [1.82, 2.24) is 14.5 Å². The first-order chi connectivity index (χ1) is 10.0. The molecule has 118 valence electrons. The first kappa shape index (κ1) is 15.0. The molecule has 2 fully saturated rings. The lowest BCUT2D eigenvalue weighted by Gasteiger charge is -2.32. The molecule has 2 aliphatic rings. The molecule has 1 aliphatic carbocycles. The third kappa shape index (κ3) is 4.29. The van der Waals surface area contributed by atoms with Gasteiger partial charge in [-0.05, 0) is 25.0 Å². The Morgan fingerprint density at radius 2 is 1.86 bits per heavy atom. The molecular weight excluding hydrogens is 290 g/mol. The highest BCUT2D eigenvalue weighted by Crippen LogP contribution is 2.20. The predicted octanol–water partition coefficient (Wildman–Crippen LogP) is 0.609. The number of hydrogen-bond acceptors (Lipinski definition) is 5. The van der Waals surface area contributed by atoms with Crippen LogP contribution in [0.4, 0.5) is 0 Å². The molecule has 1 saturated carbocycles. The summed E-state index contributed by atoms with van der Waals surface area (Å²) in [5.41, 5.74) is 0. The average molecular weight is 313 g/mol. The molecular formula is C14H23N3O3S. The topological polar surface area (TPSA) is 65.8 Å². The van der Waals surface area contributed by atoms with Crippen molar-refractivity contribution < 1.29 is 12.8 Å². The maximum atomic E-state index is 11.5. The molecule has 1 saturated heterocycles. The molecule has 0 spiro atoms. The van der Waals surface area contributed by atoms with Gasteiger partial charge in [0.15, 0.2) is 0 Å². The van der Waals surface area contributed by atoms with Crippen molar-refractivity contribution in [2.45, 2.75) is 32.0 Å². The Balaban J connectivity index is 1.46. The van der Waals surface area contributed by atoms with Crippen LogP contribution < -0.4 is 5.32 Å². The molecule has 1 aliphatic heterocycles. The largest absolute Gasteiger partial charge is 0.463 e. The Morgan fingerprint density at radius 1 is 1.19 bits per heavy atom. The van der Waals surface area contributed by atoms with E-state index in [1.54, 1.807) is 0 Å². The lowest BCUT2D eigenvalue weighted by Crippen LogP contribution is -2.47. The Kier molecular flexibility index (Phi) is 4.35. The van der Waals surface area contributed by atoms with Crippen molar-refractivity contribution >= 4 is 10.0 Å². The highest BCUT2D eigenvalue weighted by atomic mass is 32.2. The zero-order chi connectivity index (χ0) is 14.9. The minimum Gasteiger partial charge on any atom is -0.463 e. The van der Waals surface area contributed by atoms with Crippen LogP contribution >= 0.6 is 0 Å². The molecule has 6 nitrogen and oxygen atoms in total. The first-order valence-electron chi connectivity index (χ1n) is 7.49. The van der Waals surface area contributed by atoms with Gasteiger partial charge in [0.05, 0.1) is 19.3 Å². The van der Waals surface area contributed by atoms with E-state index in [0.29, 0.717) is 19.1 Å². The molecule has 7 heteroatoms. The third-order valence-electron chi connectivity index (χ3n) is 4.04. The van der Waals surface area contributed by atoms with Gasteiger partial charge in [-0.1, -0.05) is 0 Å². The van der Waals surface area contributed by atoms with E-state index in [9.17, 15) is 8.42 Å². The maximum absolute atomic E-state index is 11.5. The van der Waals surface area contributed by atoms with Gasteiger partial charge in [0.2, 0.25) is 10.0 Å². The number of nitrogens with zero attached hydrogens (tertiary/aromatic N) is 2. The zero-order valence-corrected chi connectivity index (χ0v) is 13.2. The van der Waals surface area contributed by atoms with Crippen molar-refractivity contribution in [2.24, 2.45) is 0 Å². The van der Waals surface area contributed by atoms with Gasteiger partial charge >= 0.3 is 0 Å². The molecule has 0 atom stereocenters. The number of rotatable bonds is 6. The number of hydrogen-bond donors (Lipinski definition) is 1. The van der Waals surface area contributed by atoms with E-state index in [-0.39, 0.29) is 0 Å². The van der Waals surface area contributed by atoms with Gasteiger partial charge < -0.3 is 9.73 Å². The maximum Gasteiger partial charge on any atom is 0.211 e. The van der Waals surface area contributed by atoms with Gasteiger partial charge in [0.25, 0.3) is 0 Å². The number of furan rings is 1. The second-order valence-corrected chi connectivity index (χ2v) is 7.94. The van der Waals surface area contributed by atoms with Crippen molar-refractivity contribution in [3.8, 4) is 0 Å². The SMILES string of the molecule is CS(=O)(=O)N1CCN(Cc2ccc(CNC3CC3)o2)CC1. The molecule has 3 rings (SSSR count). The molecule has 0 aromatic carbocycles. The Labute approximate surface area is 126 Å². The lowest BCUT2D eigenvalue weighted by molar-refractivity contribution is 0.170. The van der Waals surface area contributed by atoms with Crippen LogP contribution in [-0.2, 0) is 23.1 Å². The Morgan fingerprint density at radius 3 is 2.48 bits per heavy atom. The summed E-state index contributed by atoms with van der Waals surface area (Å²) in [6.45, 7) is 4.19. The summed E-state index contributed by atoms with van der Waals surface area (Å²) >= 11 is 0. The summed E-state index contributed by atoms with van der Waals surface area (Å²) in [5, 5.41) is 3.43. The van der Waals surface area contributed by atoms with Crippen LogP contribution in [0, 0.1) is 0 Å². The van der Waals surface area contributed by atoms with Gasteiger partial charge in [-0.2, -0.15) is 4.31 Å². The van der Waals surface area contributed by atoms with E-state index < -0.39 is 10.0 Å². The summed E-state index contributed by atoms with van der Waals surface area (Å²) < 4.78 is 30.3. The quantitative estimate of drug-likeness (QED) is 0.833. The van der Waals surface area contributed by atoms with Gasteiger partial charge in [-0.3, -0.25) is 4.90 Å². The van der Waals surface area contributed by atoms with E-state index in [4.69, 9.17) is 4.42 Å². The molecule has 1 aromatic rings. The molecule has 1 aromatic heterocycles. The van der Waals surface area contributed by atoms with Crippen molar-refractivity contribution in [3.63, 3.8) is 0 Å². The van der Waals surface area contributed by atoms with Crippen molar-refractivity contribution in [2.75, 3.05) is 32.4 Å². The second kappa shape index (κ2) is 6.08. The van der Waals surface area contributed by atoms with Crippen LogP contribution in [0.25, 0.3) is 0 Å². The molecule has 2 heterocycles. The van der Waals surface area contributed by atoms with E-state index in [1.807, 2.05) is 12.1 Å². The fraction of sp³-hybridized carbons (Fsp3) is 0.714. The highest BCUT2D eigenvalue weighted by Gasteiger charge is 2.24. The van der Waals surface area contributed by atoms with Crippen molar-refractivity contribution in [1.29, 1.82) is 0 Å². The lowest BCUT2D eigenvalue weighted by atomic mass is 10.3. The van der Waals surface area contributed by atoms with Crippen LogP contribution in [0.3, 0.4) is 0 Å². The summed E-state index contributed by atoms with van der Waals surface area (Å²) in [7, 11) is -3.05. The average Bonchev–Trinajstić information content (AvgIpc) is 3.16. The van der Waals surface area contributed by atoms with Gasteiger partial charge in [0, 0.05) is 32.2 Å². The summed E-state index contributed by atoms with van der Waals surface area (Å²) in [6.07, 6.45) is 3.82. The van der Waals surface area contributed by atoms with Crippen LogP contribution in [0.2, 0.25) is 0 Å². The Hall–Kier alpha value is -0.890. The smallest absolute Gasteiger partial charge is 0.211 e. The fourth-order valence-electron chi connectivity index (χ4n) is 2.57. The van der Waals surface area contributed by atoms with Crippen molar-refractivity contribution in [3.05, 3.63) is 23.7 Å². The third-order valence-corrected chi connectivity index (χ3v) is 5.34. The monoisotopic (exact) mass is 313 g/mol. The molecule has 0 radical (unpaired) electrons. The molecule has 0 amide bonds. The van der Waals surface area contributed by atoms with Gasteiger partial charge in [0.1, 0.15) is 11.5 Å². The van der Waals surface area contributed by atoms with E-state index in [0.717, 1.165) is 37.7 Å². The number of nitrogens with one attached hydrogen (secondary N) is 1. The van der Waals surface area contributed by atoms with Gasteiger partial charge in [-0.15, -0.1) is 0 Å². The number of sulfonamides is 1. The Bertz CT molecular complexity index is 572. The predicted molar refractivity (Wildman–Crippen MR) is 80.3 cm³/mol. The standard InChI is InChI=1S/C14H23N3O3S/c1-21(18,19)17-8-6-16(7-9-17)11-14-5-4-13(20-14)10-15-12-2-3-12/h4-5,12,15H,2-3,6-11H2,1H3. The van der Waals surface area contributed by atoms with Crippen LogP contribution in [0.15, 0.2) is 16.5 Å². The van der Waals surface area contributed by atoms with Gasteiger partial charge in [-0.25, -0.2) is 8.42 Å². The molecule has 21 heavy (non-hydrogen) atoms. The molecule has 0 unspecified atom stereocenters. The fourth-order valence-corrected chi connectivity index (χ4v) is 3.40. The first-order valence-corrected chi connectivity index (χ1v) is 9.34. The summed E-state index contributed by atoms with van der Waals surface area (Å²) in [4.78, 5) is 2.23. The second-order valence-electron chi connectivity index (χ2n) is 5.96. The normalized spacial score (nSPS) is 21.8. The van der Waals surface area contributed by atoms with Crippen LogP contribution in [0.1, 0.15) is 24.4 Å². The molecule has 0 bridgehead atoms. The van der Waals surface area contributed by atoms with E-state index >= 15 is 0 Å². The zero-order valence-electron chi connectivity index (χ0n) is 12.4. The minimum atomic E-state index is -3.05. The molecule has 1 N–H and O–H groups in total. The summed E-state index contributed by atoms with van der Waals surface area (Å²) in [5.74, 6) is 1.93. The van der Waals surface area contributed by atoms with E-state index in [2.05, 4.69) is 10.2 Å². The number of piperazine rings is 1. The summed E-state index contributed by atoms with van der Waals surface area (Å²) in [6, 6.07) is 4.73. The van der Waals surface area contributed by atoms with Crippen LogP contribution in [-0.4, -0.2) is 56.1 Å². The minimum absolute atomic E-state index is 0.565. The van der Waals surface area contributed by atoms with E-state index in [1.165, 1.54) is 23.4 Å².